The highest BCUT2D eigenvalue weighted by molar-refractivity contribution is 5.65. The Kier molecular flexibility index (Phi) is 4.54. The Hall–Kier alpha value is -2.77. The monoisotopic (exact) mass is 319 g/mol. The van der Waals surface area contributed by atoms with Crippen LogP contribution in [0.3, 0.4) is 0 Å². The summed E-state index contributed by atoms with van der Waals surface area (Å²) in [5, 5.41) is 9.55. The minimum atomic E-state index is 0.177. The van der Waals surface area contributed by atoms with Crippen molar-refractivity contribution in [2.45, 2.75) is 19.5 Å². The second-order valence-corrected chi connectivity index (χ2v) is 5.97. The third-order valence-corrected chi connectivity index (χ3v) is 4.54. The third kappa shape index (κ3) is 2.86. The first-order chi connectivity index (χ1) is 11.7. The van der Waals surface area contributed by atoms with Gasteiger partial charge in [-0.2, -0.15) is 5.26 Å². The van der Waals surface area contributed by atoms with Crippen molar-refractivity contribution >= 4 is 5.52 Å². The normalized spacial score (nSPS) is 12.3. The van der Waals surface area contributed by atoms with Gasteiger partial charge in [0.1, 0.15) is 11.8 Å². The largest absolute Gasteiger partial charge is 0.496 e. The average molecular weight is 319 g/mol. The average Bonchev–Trinajstić information content (AvgIpc) is 2.97. The molecule has 0 radical (unpaired) electrons. The molecule has 2 heterocycles. The van der Waals surface area contributed by atoms with Gasteiger partial charge in [-0.1, -0.05) is 24.3 Å². The van der Waals surface area contributed by atoms with E-state index in [2.05, 4.69) is 31.0 Å². The third-order valence-electron chi connectivity index (χ3n) is 4.54. The van der Waals surface area contributed by atoms with Crippen molar-refractivity contribution in [3.05, 3.63) is 71.5 Å². The van der Waals surface area contributed by atoms with Crippen LogP contribution < -0.4 is 4.74 Å². The van der Waals surface area contributed by atoms with Gasteiger partial charge in [-0.05, 0) is 32.2 Å². The maximum Gasteiger partial charge on any atom is 0.123 e. The second-order valence-electron chi connectivity index (χ2n) is 5.97. The minimum absolute atomic E-state index is 0.177. The SMILES string of the molecule is COc1ccccc1C(C)N(C)Cc1cn2ccccc2c1C#N. The molecule has 1 aromatic carbocycles. The van der Waals surface area contributed by atoms with Crippen LogP contribution in [0.25, 0.3) is 5.52 Å². The van der Waals surface area contributed by atoms with Crippen LogP contribution in [-0.4, -0.2) is 23.5 Å². The van der Waals surface area contributed by atoms with Crippen molar-refractivity contribution < 1.29 is 4.74 Å². The lowest BCUT2D eigenvalue weighted by Gasteiger charge is -2.26. The topological polar surface area (TPSA) is 40.7 Å². The van der Waals surface area contributed by atoms with Crippen molar-refractivity contribution in [1.29, 1.82) is 5.26 Å². The highest BCUT2D eigenvalue weighted by Crippen LogP contribution is 2.30. The Morgan fingerprint density at radius 1 is 1.21 bits per heavy atom. The van der Waals surface area contributed by atoms with Crippen molar-refractivity contribution in [1.82, 2.24) is 9.30 Å². The fourth-order valence-corrected chi connectivity index (χ4v) is 3.08. The highest BCUT2D eigenvalue weighted by atomic mass is 16.5. The summed E-state index contributed by atoms with van der Waals surface area (Å²) in [6.45, 7) is 2.85. The summed E-state index contributed by atoms with van der Waals surface area (Å²) >= 11 is 0. The van der Waals surface area contributed by atoms with Gasteiger partial charge in [-0.3, -0.25) is 4.90 Å². The second kappa shape index (κ2) is 6.77. The van der Waals surface area contributed by atoms with Crippen LogP contribution in [0.1, 0.15) is 29.7 Å². The summed E-state index contributed by atoms with van der Waals surface area (Å²) in [6.07, 6.45) is 4.02. The van der Waals surface area contributed by atoms with Gasteiger partial charge in [0.25, 0.3) is 0 Å². The van der Waals surface area contributed by atoms with Gasteiger partial charge in [-0.15, -0.1) is 0 Å². The quantitative estimate of drug-likeness (QED) is 0.713. The zero-order valence-corrected chi connectivity index (χ0v) is 14.2. The summed E-state index contributed by atoms with van der Waals surface area (Å²) in [5.74, 6) is 0.888. The first-order valence-corrected chi connectivity index (χ1v) is 7.97. The van der Waals surface area contributed by atoms with E-state index in [0.717, 1.165) is 28.0 Å². The summed E-state index contributed by atoms with van der Waals surface area (Å²) in [7, 11) is 3.76. The lowest BCUT2D eigenvalue weighted by molar-refractivity contribution is 0.247. The first kappa shape index (κ1) is 16.1. The molecule has 2 aromatic heterocycles. The molecule has 0 fully saturated rings. The molecule has 4 nitrogen and oxygen atoms in total. The molecule has 0 aliphatic carbocycles. The van der Waals surface area contributed by atoms with Crippen molar-refractivity contribution in [3.63, 3.8) is 0 Å². The maximum absolute atomic E-state index is 9.55. The predicted octanol–water partition coefficient (Wildman–Crippen LogP) is 4.01. The summed E-state index contributed by atoms with van der Waals surface area (Å²) < 4.78 is 7.49. The van der Waals surface area contributed by atoms with Crippen LogP contribution in [0.4, 0.5) is 0 Å². The molecule has 0 bridgehead atoms. The molecule has 0 N–H and O–H groups in total. The highest BCUT2D eigenvalue weighted by Gasteiger charge is 2.18. The van der Waals surface area contributed by atoms with Gasteiger partial charge in [0.15, 0.2) is 0 Å². The molecular formula is C20H21N3O. The van der Waals surface area contributed by atoms with E-state index in [4.69, 9.17) is 4.74 Å². The molecule has 0 aliphatic heterocycles. The van der Waals surface area contributed by atoms with Crippen molar-refractivity contribution in [2.24, 2.45) is 0 Å². The molecular weight excluding hydrogens is 298 g/mol. The molecule has 1 unspecified atom stereocenters. The number of aromatic nitrogens is 1. The fourth-order valence-electron chi connectivity index (χ4n) is 3.08. The molecule has 1 atom stereocenters. The molecule has 0 aliphatic rings. The number of benzene rings is 1. The molecule has 0 saturated carbocycles. The Labute approximate surface area is 142 Å². The number of fused-ring (bicyclic) bond motifs is 1. The van der Waals surface area contributed by atoms with Crippen LogP contribution in [0, 0.1) is 11.3 Å². The smallest absolute Gasteiger partial charge is 0.123 e. The van der Waals surface area contributed by atoms with E-state index < -0.39 is 0 Å². The molecule has 0 spiro atoms. The molecule has 122 valence electrons. The molecule has 3 rings (SSSR count). The van der Waals surface area contributed by atoms with Crippen LogP contribution in [0.2, 0.25) is 0 Å². The zero-order valence-electron chi connectivity index (χ0n) is 14.2. The van der Waals surface area contributed by atoms with E-state index in [1.165, 1.54) is 0 Å². The van der Waals surface area contributed by atoms with Crippen LogP contribution in [0.5, 0.6) is 5.75 Å². The van der Waals surface area contributed by atoms with Gasteiger partial charge in [0, 0.05) is 36.1 Å². The van der Waals surface area contributed by atoms with E-state index in [-0.39, 0.29) is 6.04 Å². The number of hydrogen-bond acceptors (Lipinski definition) is 3. The molecule has 24 heavy (non-hydrogen) atoms. The van der Waals surface area contributed by atoms with Crippen molar-refractivity contribution in [3.8, 4) is 11.8 Å². The maximum atomic E-state index is 9.55. The van der Waals surface area contributed by atoms with E-state index in [9.17, 15) is 5.26 Å². The summed E-state index contributed by atoms with van der Waals surface area (Å²) in [4.78, 5) is 2.23. The Balaban J connectivity index is 1.90. The number of nitrogens with zero attached hydrogens (tertiary/aromatic N) is 3. The zero-order chi connectivity index (χ0) is 17.1. The molecule has 0 saturated heterocycles. The van der Waals surface area contributed by atoms with E-state index in [1.807, 2.05) is 53.2 Å². The van der Waals surface area contributed by atoms with E-state index in [0.29, 0.717) is 6.54 Å². The molecule has 0 amide bonds. The van der Waals surface area contributed by atoms with Crippen molar-refractivity contribution in [2.75, 3.05) is 14.2 Å². The van der Waals surface area contributed by atoms with Crippen LogP contribution in [-0.2, 0) is 6.54 Å². The molecule has 3 aromatic rings. The summed E-state index contributed by atoms with van der Waals surface area (Å²) in [6, 6.07) is 16.5. The van der Waals surface area contributed by atoms with E-state index in [1.54, 1.807) is 7.11 Å². The number of nitriles is 1. The van der Waals surface area contributed by atoms with Gasteiger partial charge in [-0.25, -0.2) is 0 Å². The number of rotatable bonds is 5. The van der Waals surface area contributed by atoms with Gasteiger partial charge < -0.3 is 9.14 Å². The number of methoxy groups -OCH3 is 1. The number of pyridine rings is 1. The molecule has 4 heteroatoms. The Morgan fingerprint density at radius 2 is 1.96 bits per heavy atom. The number of ether oxygens (including phenoxy) is 1. The fraction of sp³-hybridized carbons (Fsp3) is 0.250. The first-order valence-electron chi connectivity index (χ1n) is 7.97. The Morgan fingerprint density at radius 3 is 2.71 bits per heavy atom. The van der Waals surface area contributed by atoms with Gasteiger partial charge >= 0.3 is 0 Å². The van der Waals surface area contributed by atoms with Crippen LogP contribution >= 0.6 is 0 Å². The minimum Gasteiger partial charge on any atom is -0.496 e. The lowest BCUT2D eigenvalue weighted by atomic mass is 10.0. The van der Waals surface area contributed by atoms with Crippen LogP contribution in [0.15, 0.2) is 54.9 Å². The predicted molar refractivity (Wildman–Crippen MR) is 95.0 cm³/mol. The van der Waals surface area contributed by atoms with E-state index >= 15 is 0 Å². The van der Waals surface area contributed by atoms with Gasteiger partial charge in [0.05, 0.1) is 18.2 Å². The standard InChI is InChI=1S/C20H21N3O/c1-15(17-8-4-5-10-20(17)24-3)22(2)13-16-14-23-11-7-6-9-19(23)18(16)12-21/h4-11,14-15H,13H2,1-3H3. The number of hydrogen-bond donors (Lipinski definition) is 0. The van der Waals surface area contributed by atoms with Gasteiger partial charge in [0.2, 0.25) is 0 Å². The lowest BCUT2D eigenvalue weighted by Crippen LogP contribution is -2.22. The Bertz CT molecular complexity index is 891. The summed E-state index contributed by atoms with van der Waals surface area (Å²) in [5.41, 5.74) is 3.88. The number of para-hydroxylation sites is 1.